The third-order valence-corrected chi connectivity index (χ3v) is 3.30. The van der Waals surface area contributed by atoms with Crippen molar-refractivity contribution < 1.29 is 19.1 Å². The molecule has 0 saturated carbocycles. The number of nitrogens with one attached hydrogen (secondary N) is 1. The number of carbonyl (C=O) groups is 2. The van der Waals surface area contributed by atoms with Gasteiger partial charge in [-0.15, -0.1) is 0 Å². The maximum atomic E-state index is 13.2. The Morgan fingerprint density at radius 3 is 2.62 bits per heavy atom. The summed E-state index contributed by atoms with van der Waals surface area (Å²) in [5, 5.41) is 11.3. The zero-order chi connectivity index (χ0) is 16.0. The van der Waals surface area contributed by atoms with Crippen LogP contribution in [0.2, 0.25) is 0 Å². The van der Waals surface area contributed by atoms with Gasteiger partial charge in [-0.1, -0.05) is 26.0 Å². The van der Waals surface area contributed by atoms with Crippen molar-refractivity contribution in [3.63, 3.8) is 0 Å². The average molecular weight is 296 g/mol. The lowest BCUT2D eigenvalue weighted by molar-refractivity contribution is -0.137. The van der Waals surface area contributed by atoms with Gasteiger partial charge in [0.05, 0.1) is 6.42 Å². The Bertz CT molecular complexity index is 517. The minimum absolute atomic E-state index is 0.1000. The van der Waals surface area contributed by atoms with E-state index >= 15 is 0 Å². The molecule has 0 aliphatic carbocycles. The average Bonchev–Trinajstić information content (AvgIpc) is 2.42. The van der Waals surface area contributed by atoms with Crippen molar-refractivity contribution in [2.24, 2.45) is 0 Å². The van der Waals surface area contributed by atoms with E-state index in [2.05, 4.69) is 5.32 Å². The predicted molar refractivity (Wildman–Crippen MR) is 77.7 cm³/mol. The number of rotatable bonds is 6. The van der Waals surface area contributed by atoms with E-state index in [1.807, 2.05) is 19.9 Å². The molecule has 0 spiro atoms. The Kier molecular flexibility index (Phi) is 5.69. The first-order valence-electron chi connectivity index (χ1n) is 6.69. The molecule has 1 aromatic rings. The van der Waals surface area contributed by atoms with Crippen molar-refractivity contribution in [2.75, 3.05) is 20.1 Å². The zero-order valence-corrected chi connectivity index (χ0v) is 12.5. The topological polar surface area (TPSA) is 69.6 Å². The van der Waals surface area contributed by atoms with Crippen molar-refractivity contribution >= 4 is 12.0 Å². The van der Waals surface area contributed by atoms with Crippen LogP contribution < -0.4 is 5.32 Å². The van der Waals surface area contributed by atoms with Crippen LogP contribution in [0.5, 0.6) is 0 Å². The Hall–Kier alpha value is -2.11. The van der Waals surface area contributed by atoms with Gasteiger partial charge in [0.2, 0.25) is 0 Å². The smallest absolute Gasteiger partial charge is 0.317 e. The summed E-state index contributed by atoms with van der Waals surface area (Å²) in [6.45, 7) is 4.27. The van der Waals surface area contributed by atoms with Crippen molar-refractivity contribution in [1.82, 2.24) is 10.2 Å². The number of urea groups is 1. The highest BCUT2D eigenvalue weighted by Crippen LogP contribution is 2.22. The largest absolute Gasteiger partial charge is 0.481 e. The molecule has 0 unspecified atom stereocenters. The Morgan fingerprint density at radius 2 is 2.05 bits per heavy atom. The summed E-state index contributed by atoms with van der Waals surface area (Å²) in [5.74, 6) is -1.26. The van der Waals surface area contributed by atoms with Gasteiger partial charge in [-0.2, -0.15) is 0 Å². The van der Waals surface area contributed by atoms with E-state index in [4.69, 9.17) is 5.11 Å². The third kappa shape index (κ3) is 5.41. The van der Waals surface area contributed by atoms with Gasteiger partial charge in [0, 0.05) is 25.6 Å². The Balaban J connectivity index is 2.56. The number of carbonyl (C=O) groups excluding carboxylic acids is 1. The van der Waals surface area contributed by atoms with Gasteiger partial charge in [0.15, 0.2) is 0 Å². The Labute approximate surface area is 123 Å². The summed E-state index contributed by atoms with van der Waals surface area (Å²) in [6.07, 6.45) is -0.1000. The molecule has 0 aliphatic heterocycles. The number of benzene rings is 1. The molecule has 1 rings (SSSR count). The second-order valence-corrected chi connectivity index (χ2v) is 5.62. The maximum absolute atomic E-state index is 13.2. The molecule has 0 fully saturated rings. The lowest BCUT2D eigenvalue weighted by atomic mass is 9.84. The molecule has 1 aromatic carbocycles. The molecular weight excluding hydrogens is 275 g/mol. The first-order chi connectivity index (χ1) is 9.72. The van der Waals surface area contributed by atoms with E-state index in [1.54, 1.807) is 6.07 Å². The molecule has 6 heteroatoms. The second kappa shape index (κ2) is 7.06. The normalized spacial score (nSPS) is 11.0. The number of halogens is 1. The van der Waals surface area contributed by atoms with Crippen molar-refractivity contribution in [3.05, 3.63) is 35.6 Å². The van der Waals surface area contributed by atoms with Crippen LogP contribution in [0.3, 0.4) is 0 Å². The minimum Gasteiger partial charge on any atom is -0.481 e. The van der Waals surface area contributed by atoms with Crippen LogP contribution >= 0.6 is 0 Å². The van der Waals surface area contributed by atoms with Crippen molar-refractivity contribution in [1.29, 1.82) is 0 Å². The number of amides is 2. The van der Waals surface area contributed by atoms with Gasteiger partial charge < -0.3 is 15.3 Å². The fraction of sp³-hybridized carbons (Fsp3) is 0.467. The molecule has 116 valence electrons. The molecule has 0 heterocycles. The molecule has 2 N–H and O–H groups in total. The number of nitrogens with zero attached hydrogens (tertiary/aromatic N) is 1. The van der Waals surface area contributed by atoms with Crippen LogP contribution in [-0.2, 0) is 10.2 Å². The number of carboxylic acid groups (broad SMARTS) is 1. The monoisotopic (exact) mass is 296 g/mol. The lowest BCUT2D eigenvalue weighted by Crippen LogP contribution is -2.43. The molecule has 0 aromatic heterocycles. The highest BCUT2D eigenvalue weighted by atomic mass is 19.1. The van der Waals surface area contributed by atoms with Crippen LogP contribution in [0.1, 0.15) is 25.8 Å². The van der Waals surface area contributed by atoms with Gasteiger partial charge in [-0.05, 0) is 17.7 Å². The number of hydrogen-bond donors (Lipinski definition) is 2. The van der Waals surface area contributed by atoms with Crippen LogP contribution in [0.15, 0.2) is 24.3 Å². The fourth-order valence-corrected chi connectivity index (χ4v) is 1.81. The summed E-state index contributed by atoms with van der Waals surface area (Å²) in [5.41, 5.74) is 0.363. The minimum atomic E-state index is -0.949. The standard InChI is InChI=1S/C15H21FN2O3/c1-15(2,11-5-4-6-12(16)9-11)10-17-14(21)18(3)8-7-13(19)20/h4-6,9H,7-8,10H2,1-3H3,(H,17,21)(H,19,20). The molecule has 5 nitrogen and oxygen atoms in total. The number of aliphatic carboxylic acids is 1. The first-order valence-corrected chi connectivity index (χ1v) is 6.69. The van der Waals surface area contributed by atoms with Gasteiger partial charge >= 0.3 is 12.0 Å². The maximum Gasteiger partial charge on any atom is 0.317 e. The Morgan fingerprint density at radius 1 is 1.38 bits per heavy atom. The molecule has 21 heavy (non-hydrogen) atoms. The van der Waals surface area contributed by atoms with Crippen LogP contribution in [0, 0.1) is 5.82 Å². The summed E-state index contributed by atoms with van der Waals surface area (Å²) >= 11 is 0. The van der Waals surface area contributed by atoms with E-state index in [-0.39, 0.29) is 24.8 Å². The van der Waals surface area contributed by atoms with Crippen molar-refractivity contribution in [2.45, 2.75) is 25.7 Å². The quantitative estimate of drug-likeness (QED) is 0.845. The molecule has 0 radical (unpaired) electrons. The van der Waals surface area contributed by atoms with Crippen LogP contribution in [0.25, 0.3) is 0 Å². The van der Waals surface area contributed by atoms with Gasteiger partial charge in [0.1, 0.15) is 5.82 Å². The lowest BCUT2D eigenvalue weighted by Gasteiger charge is -2.27. The summed E-state index contributed by atoms with van der Waals surface area (Å²) < 4.78 is 13.2. The van der Waals surface area contributed by atoms with E-state index in [0.717, 1.165) is 5.56 Å². The van der Waals surface area contributed by atoms with Gasteiger partial charge in [0.25, 0.3) is 0 Å². The highest BCUT2D eigenvalue weighted by Gasteiger charge is 2.22. The fourth-order valence-electron chi connectivity index (χ4n) is 1.81. The van der Waals surface area contributed by atoms with Gasteiger partial charge in [-0.3, -0.25) is 4.79 Å². The SMILES string of the molecule is CN(CCC(=O)O)C(=O)NCC(C)(C)c1cccc(F)c1. The summed E-state index contributed by atoms with van der Waals surface area (Å²) in [4.78, 5) is 23.6. The summed E-state index contributed by atoms with van der Waals surface area (Å²) in [7, 11) is 1.54. The van der Waals surface area contributed by atoms with E-state index in [1.165, 1.54) is 24.1 Å². The zero-order valence-electron chi connectivity index (χ0n) is 12.5. The third-order valence-electron chi connectivity index (χ3n) is 3.30. The molecule has 0 atom stereocenters. The molecule has 0 saturated heterocycles. The van der Waals surface area contributed by atoms with E-state index in [0.29, 0.717) is 6.54 Å². The number of carboxylic acids is 1. The molecule has 0 bridgehead atoms. The van der Waals surface area contributed by atoms with E-state index < -0.39 is 11.4 Å². The molecule has 2 amide bonds. The van der Waals surface area contributed by atoms with Crippen LogP contribution in [-0.4, -0.2) is 42.1 Å². The first kappa shape index (κ1) is 16.9. The van der Waals surface area contributed by atoms with Crippen LogP contribution in [0.4, 0.5) is 9.18 Å². The molecular formula is C15H21FN2O3. The molecule has 0 aliphatic rings. The highest BCUT2D eigenvalue weighted by molar-refractivity contribution is 5.75. The van der Waals surface area contributed by atoms with Gasteiger partial charge in [-0.25, -0.2) is 9.18 Å². The summed E-state index contributed by atoms with van der Waals surface area (Å²) in [6, 6.07) is 5.91. The van der Waals surface area contributed by atoms with E-state index in [9.17, 15) is 14.0 Å². The number of hydrogen-bond acceptors (Lipinski definition) is 2. The van der Waals surface area contributed by atoms with Crippen molar-refractivity contribution in [3.8, 4) is 0 Å². The second-order valence-electron chi connectivity index (χ2n) is 5.62. The predicted octanol–water partition coefficient (Wildman–Crippen LogP) is 2.22.